The highest BCUT2D eigenvalue weighted by molar-refractivity contribution is 5.91. The summed E-state index contributed by atoms with van der Waals surface area (Å²) in [6, 6.07) is 7.55. The van der Waals surface area contributed by atoms with Crippen molar-refractivity contribution >= 4 is 24.0 Å². The third-order valence-electron chi connectivity index (χ3n) is 3.44. The van der Waals surface area contributed by atoms with Crippen molar-refractivity contribution in [3.8, 4) is 11.5 Å². The highest BCUT2D eigenvalue weighted by Gasteiger charge is 2.17. The summed E-state index contributed by atoms with van der Waals surface area (Å²) in [7, 11) is 0. The Kier molecular flexibility index (Phi) is 6.15. The Hall–Kier alpha value is -1.89. The number of nitrogens with one attached hydrogen (secondary N) is 2. The first-order valence-corrected chi connectivity index (χ1v) is 7.34. The maximum Gasteiger partial charge on any atom is 0.226 e. The summed E-state index contributed by atoms with van der Waals surface area (Å²) in [5.41, 5.74) is 2.40. The number of benzene rings is 1. The molecule has 0 saturated carbocycles. The molecule has 2 aromatic rings. The first kappa shape index (κ1) is 17.5. The summed E-state index contributed by atoms with van der Waals surface area (Å²) >= 11 is 0. The van der Waals surface area contributed by atoms with E-state index < -0.39 is 0 Å². The second-order valence-corrected chi connectivity index (χ2v) is 5.35. The number of halogens is 1. The molecule has 0 aliphatic carbocycles. The third kappa shape index (κ3) is 4.79. The van der Waals surface area contributed by atoms with Gasteiger partial charge >= 0.3 is 0 Å². The van der Waals surface area contributed by atoms with Crippen molar-refractivity contribution in [2.75, 3.05) is 25.1 Å². The number of aromatic nitrogens is 1. The molecule has 7 heteroatoms. The van der Waals surface area contributed by atoms with Crippen LogP contribution in [-0.4, -0.2) is 36.7 Å². The zero-order valence-corrected chi connectivity index (χ0v) is 13.7. The lowest BCUT2D eigenvalue weighted by Gasteiger charge is -2.23. The molecule has 1 amide bonds. The van der Waals surface area contributed by atoms with Gasteiger partial charge in [-0.2, -0.15) is 0 Å². The molecule has 1 fully saturated rings. The maximum atomic E-state index is 12.1. The second-order valence-electron chi connectivity index (χ2n) is 5.35. The van der Waals surface area contributed by atoms with E-state index >= 15 is 0 Å². The number of anilines is 1. The number of hydrogen-bond acceptors (Lipinski definition) is 5. The number of rotatable bonds is 4. The number of ether oxygens (including phenoxy) is 1. The van der Waals surface area contributed by atoms with Crippen LogP contribution in [0, 0.1) is 6.92 Å². The number of carbonyl (C=O) groups excluding carboxylic acids is 1. The average molecular weight is 338 g/mol. The molecular weight excluding hydrogens is 318 g/mol. The quantitative estimate of drug-likeness (QED) is 0.895. The lowest BCUT2D eigenvalue weighted by Crippen LogP contribution is -2.43. The number of amides is 1. The minimum Gasteiger partial charge on any atom is -0.444 e. The first-order chi connectivity index (χ1) is 10.7. The largest absolute Gasteiger partial charge is 0.444 e. The Balaban J connectivity index is 0.00000192. The van der Waals surface area contributed by atoms with Crippen molar-refractivity contribution < 1.29 is 13.9 Å². The molecule has 0 bridgehead atoms. The summed E-state index contributed by atoms with van der Waals surface area (Å²) < 4.78 is 10.7. The van der Waals surface area contributed by atoms with Crippen molar-refractivity contribution in [1.82, 2.24) is 10.3 Å². The normalized spacial score (nSPS) is 17.3. The van der Waals surface area contributed by atoms with Crippen LogP contribution in [0.25, 0.3) is 11.5 Å². The zero-order chi connectivity index (χ0) is 15.4. The summed E-state index contributed by atoms with van der Waals surface area (Å²) in [4.78, 5) is 16.4. The van der Waals surface area contributed by atoms with E-state index in [0.717, 1.165) is 23.5 Å². The molecule has 1 aromatic carbocycles. The van der Waals surface area contributed by atoms with Gasteiger partial charge < -0.3 is 19.8 Å². The molecule has 1 unspecified atom stereocenters. The Morgan fingerprint density at radius 2 is 2.35 bits per heavy atom. The van der Waals surface area contributed by atoms with Gasteiger partial charge in [0.15, 0.2) is 0 Å². The molecule has 1 atom stereocenters. The highest BCUT2D eigenvalue weighted by Crippen LogP contribution is 2.22. The molecule has 0 radical (unpaired) electrons. The molecule has 2 heterocycles. The standard InChI is InChI=1S/C16H19N3O3.ClH/c1-11-9-22-16(18-11)12-3-2-4-13(7-12)19-15(20)8-14-10-21-6-5-17-14;/h2-4,7,9,14,17H,5-6,8,10H2,1H3,(H,19,20);1H. The Labute approximate surface area is 141 Å². The van der Waals surface area contributed by atoms with Crippen LogP contribution in [0.1, 0.15) is 12.1 Å². The van der Waals surface area contributed by atoms with Crippen molar-refractivity contribution in [2.24, 2.45) is 0 Å². The number of carbonyl (C=O) groups is 1. The molecule has 124 valence electrons. The SMILES string of the molecule is Cc1coc(-c2cccc(NC(=O)CC3COCCN3)c2)n1.Cl. The summed E-state index contributed by atoms with van der Waals surface area (Å²) in [6.45, 7) is 3.94. The lowest BCUT2D eigenvalue weighted by atomic mass is 10.1. The Morgan fingerprint density at radius 1 is 1.48 bits per heavy atom. The van der Waals surface area contributed by atoms with Crippen LogP contribution in [-0.2, 0) is 9.53 Å². The molecule has 23 heavy (non-hydrogen) atoms. The lowest BCUT2D eigenvalue weighted by molar-refractivity contribution is -0.117. The van der Waals surface area contributed by atoms with E-state index in [0.29, 0.717) is 25.5 Å². The molecule has 6 nitrogen and oxygen atoms in total. The van der Waals surface area contributed by atoms with Crippen molar-refractivity contribution in [2.45, 2.75) is 19.4 Å². The van der Waals surface area contributed by atoms with Gasteiger partial charge in [-0.3, -0.25) is 4.79 Å². The smallest absolute Gasteiger partial charge is 0.226 e. The number of aryl methyl sites for hydroxylation is 1. The van der Waals surface area contributed by atoms with E-state index in [-0.39, 0.29) is 24.4 Å². The number of morpholine rings is 1. The van der Waals surface area contributed by atoms with E-state index in [1.54, 1.807) is 6.26 Å². The van der Waals surface area contributed by atoms with Gasteiger partial charge in [0.05, 0.1) is 18.9 Å². The predicted octanol–water partition coefficient (Wildman–Crippen LogP) is 2.39. The number of nitrogens with zero attached hydrogens (tertiary/aromatic N) is 1. The zero-order valence-electron chi connectivity index (χ0n) is 12.9. The van der Waals surface area contributed by atoms with Crippen molar-refractivity contribution in [1.29, 1.82) is 0 Å². The second kappa shape index (κ2) is 8.10. The minimum absolute atomic E-state index is 0. The van der Waals surface area contributed by atoms with Crippen LogP contribution in [0.5, 0.6) is 0 Å². The molecule has 1 aliphatic heterocycles. The third-order valence-corrected chi connectivity index (χ3v) is 3.44. The van der Waals surface area contributed by atoms with Gasteiger partial charge in [0, 0.05) is 30.3 Å². The van der Waals surface area contributed by atoms with Crippen molar-refractivity contribution in [3.05, 3.63) is 36.2 Å². The Morgan fingerprint density at radius 3 is 3.04 bits per heavy atom. The van der Waals surface area contributed by atoms with Crippen LogP contribution in [0.2, 0.25) is 0 Å². The van der Waals surface area contributed by atoms with Gasteiger partial charge in [-0.25, -0.2) is 4.98 Å². The minimum atomic E-state index is -0.0382. The Bertz CT molecular complexity index is 654. The van der Waals surface area contributed by atoms with Gasteiger partial charge in [-0.05, 0) is 25.1 Å². The molecule has 3 rings (SSSR count). The van der Waals surface area contributed by atoms with E-state index in [9.17, 15) is 4.79 Å². The predicted molar refractivity (Wildman–Crippen MR) is 89.8 cm³/mol. The molecular formula is C16H20ClN3O3. The van der Waals surface area contributed by atoms with Gasteiger partial charge in [-0.1, -0.05) is 6.07 Å². The van der Waals surface area contributed by atoms with Gasteiger partial charge in [0.1, 0.15) is 6.26 Å². The average Bonchev–Trinajstić information content (AvgIpc) is 2.95. The van der Waals surface area contributed by atoms with Crippen LogP contribution < -0.4 is 10.6 Å². The van der Waals surface area contributed by atoms with E-state index in [1.807, 2.05) is 31.2 Å². The summed E-state index contributed by atoms with van der Waals surface area (Å²) in [6.07, 6.45) is 2.00. The van der Waals surface area contributed by atoms with E-state index in [2.05, 4.69) is 15.6 Å². The fraction of sp³-hybridized carbons (Fsp3) is 0.375. The van der Waals surface area contributed by atoms with E-state index in [4.69, 9.17) is 9.15 Å². The van der Waals surface area contributed by atoms with E-state index in [1.165, 1.54) is 0 Å². The summed E-state index contributed by atoms with van der Waals surface area (Å²) in [5.74, 6) is 0.514. The van der Waals surface area contributed by atoms with Crippen LogP contribution in [0.3, 0.4) is 0 Å². The fourth-order valence-corrected chi connectivity index (χ4v) is 2.40. The fourth-order valence-electron chi connectivity index (χ4n) is 2.40. The first-order valence-electron chi connectivity index (χ1n) is 7.34. The molecule has 1 aromatic heterocycles. The van der Waals surface area contributed by atoms with Gasteiger partial charge in [-0.15, -0.1) is 12.4 Å². The maximum absolute atomic E-state index is 12.1. The molecule has 1 saturated heterocycles. The van der Waals surface area contributed by atoms with Gasteiger partial charge in [0.25, 0.3) is 0 Å². The molecule has 2 N–H and O–H groups in total. The van der Waals surface area contributed by atoms with Crippen LogP contribution >= 0.6 is 12.4 Å². The monoisotopic (exact) mass is 337 g/mol. The topological polar surface area (TPSA) is 76.4 Å². The molecule has 1 aliphatic rings. The summed E-state index contributed by atoms with van der Waals surface area (Å²) in [5, 5.41) is 6.17. The number of oxazole rings is 1. The van der Waals surface area contributed by atoms with Crippen molar-refractivity contribution in [3.63, 3.8) is 0 Å². The number of hydrogen-bond donors (Lipinski definition) is 2. The van der Waals surface area contributed by atoms with Crippen LogP contribution in [0.15, 0.2) is 34.9 Å². The molecule has 0 spiro atoms. The van der Waals surface area contributed by atoms with Crippen LogP contribution in [0.4, 0.5) is 5.69 Å². The van der Waals surface area contributed by atoms with Gasteiger partial charge in [0.2, 0.25) is 11.8 Å². The highest BCUT2D eigenvalue weighted by atomic mass is 35.5.